The van der Waals surface area contributed by atoms with Crippen LogP contribution in [-0.2, 0) is 6.18 Å². The van der Waals surface area contributed by atoms with Gasteiger partial charge in [0, 0.05) is 11.1 Å². The van der Waals surface area contributed by atoms with Gasteiger partial charge in [0.1, 0.15) is 0 Å². The molecule has 3 rings (SSSR count). The van der Waals surface area contributed by atoms with Crippen molar-refractivity contribution in [2.75, 3.05) is 6.79 Å². The highest BCUT2D eigenvalue weighted by atomic mass is 19.4. The van der Waals surface area contributed by atoms with Crippen LogP contribution in [-0.4, -0.2) is 18.9 Å². The average molecular weight is 336 g/mol. The van der Waals surface area contributed by atoms with Crippen LogP contribution < -0.4 is 14.9 Å². The fourth-order valence-corrected chi connectivity index (χ4v) is 2.09. The van der Waals surface area contributed by atoms with Crippen LogP contribution in [0.2, 0.25) is 0 Å². The van der Waals surface area contributed by atoms with E-state index in [2.05, 4.69) is 10.5 Å². The van der Waals surface area contributed by atoms with E-state index in [9.17, 15) is 18.0 Å². The summed E-state index contributed by atoms with van der Waals surface area (Å²) in [5.41, 5.74) is 2.11. The zero-order chi connectivity index (χ0) is 17.2. The first-order valence-electron chi connectivity index (χ1n) is 6.84. The van der Waals surface area contributed by atoms with Gasteiger partial charge in [-0.15, -0.1) is 0 Å². The van der Waals surface area contributed by atoms with Crippen molar-refractivity contribution in [3.63, 3.8) is 0 Å². The van der Waals surface area contributed by atoms with Gasteiger partial charge in [0.05, 0.1) is 11.8 Å². The molecular weight excluding hydrogens is 325 g/mol. The standard InChI is InChI=1S/C16H11F3N2O3/c17-16(18,19)12-6-4-10(5-7-12)15(22)21-20-8-11-2-1-3-13-14(11)24-9-23-13/h1-8H,9H2,(H,21,22)/b20-8+. The van der Waals surface area contributed by atoms with E-state index in [-0.39, 0.29) is 12.4 Å². The molecule has 1 aliphatic heterocycles. The zero-order valence-corrected chi connectivity index (χ0v) is 12.1. The number of hydrazone groups is 1. The minimum Gasteiger partial charge on any atom is -0.454 e. The first kappa shape index (κ1) is 15.9. The van der Waals surface area contributed by atoms with Gasteiger partial charge in [-0.25, -0.2) is 5.43 Å². The average Bonchev–Trinajstić information content (AvgIpc) is 3.03. The van der Waals surface area contributed by atoms with Crippen molar-refractivity contribution in [2.45, 2.75) is 6.18 Å². The van der Waals surface area contributed by atoms with Gasteiger partial charge in [0.2, 0.25) is 6.79 Å². The van der Waals surface area contributed by atoms with Crippen molar-refractivity contribution in [2.24, 2.45) is 5.10 Å². The summed E-state index contributed by atoms with van der Waals surface area (Å²) in [6, 6.07) is 9.06. The van der Waals surface area contributed by atoms with Crippen LogP contribution in [0, 0.1) is 0 Å². The quantitative estimate of drug-likeness (QED) is 0.692. The molecule has 0 spiro atoms. The van der Waals surface area contributed by atoms with Gasteiger partial charge in [0.25, 0.3) is 5.91 Å². The number of benzene rings is 2. The third-order valence-electron chi connectivity index (χ3n) is 3.27. The lowest BCUT2D eigenvalue weighted by atomic mass is 10.1. The predicted molar refractivity (Wildman–Crippen MR) is 79.1 cm³/mol. The first-order chi connectivity index (χ1) is 11.4. The van der Waals surface area contributed by atoms with Crippen LogP contribution in [0.4, 0.5) is 13.2 Å². The monoisotopic (exact) mass is 336 g/mol. The number of hydrogen-bond acceptors (Lipinski definition) is 4. The van der Waals surface area contributed by atoms with E-state index in [0.29, 0.717) is 17.1 Å². The van der Waals surface area contributed by atoms with Gasteiger partial charge in [-0.05, 0) is 36.4 Å². The molecule has 2 aromatic carbocycles. The lowest BCUT2D eigenvalue weighted by Crippen LogP contribution is -2.18. The number of halogens is 3. The van der Waals surface area contributed by atoms with Gasteiger partial charge in [-0.1, -0.05) is 6.07 Å². The van der Waals surface area contributed by atoms with Gasteiger partial charge in [-0.3, -0.25) is 4.79 Å². The van der Waals surface area contributed by atoms with E-state index >= 15 is 0 Å². The second kappa shape index (κ2) is 6.23. The van der Waals surface area contributed by atoms with E-state index in [1.165, 1.54) is 6.21 Å². The maximum atomic E-state index is 12.5. The second-order valence-corrected chi connectivity index (χ2v) is 4.86. The molecule has 0 radical (unpaired) electrons. The van der Waals surface area contributed by atoms with E-state index < -0.39 is 17.6 Å². The maximum Gasteiger partial charge on any atom is 0.416 e. The first-order valence-corrected chi connectivity index (χ1v) is 6.84. The molecule has 0 aromatic heterocycles. The molecule has 1 amide bonds. The summed E-state index contributed by atoms with van der Waals surface area (Å²) >= 11 is 0. The molecule has 1 N–H and O–H groups in total. The van der Waals surface area contributed by atoms with Crippen molar-refractivity contribution in [3.05, 3.63) is 59.2 Å². The van der Waals surface area contributed by atoms with Crippen molar-refractivity contribution in [3.8, 4) is 11.5 Å². The van der Waals surface area contributed by atoms with E-state index in [1.807, 2.05) is 0 Å². The van der Waals surface area contributed by atoms with Crippen molar-refractivity contribution >= 4 is 12.1 Å². The Morgan fingerprint density at radius 3 is 2.58 bits per heavy atom. The summed E-state index contributed by atoms with van der Waals surface area (Å²) in [4.78, 5) is 11.9. The highest BCUT2D eigenvalue weighted by molar-refractivity contribution is 5.95. The highest BCUT2D eigenvalue weighted by Gasteiger charge is 2.30. The van der Waals surface area contributed by atoms with Crippen LogP contribution in [0.1, 0.15) is 21.5 Å². The molecular formula is C16H11F3N2O3. The van der Waals surface area contributed by atoms with E-state index in [4.69, 9.17) is 9.47 Å². The molecule has 0 unspecified atom stereocenters. The topological polar surface area (TPSA) is 59.9 Å². The molecule has 24 heavy (non-hydrogen) atoms. The molecule has 1 heterocycles. The molecule has 2 aromatic rings. The summed E-state index contributed by atoms with van der Waals surface area (Å²) in [5, 5.41) is 3.78. The minimum absolute atomic E-state index is 0.0676. The fourth-order valence-electron chi connectivity index (χ4n) is 2.09. The number of amides is 1. The molecule has 0 aliphatic carbocycles. The summed E-state index contributed by atoms with van der Waals surface area (Å²) in [6.45, 7) is 0.109. The lowest BCUT2D eigenvalue weighted by molar-refractivity contribution is -0.137. The number of rotatable bonds is 3. The van der Waals surface area contributed by atoms with Gasteiger partial charge >= 0.3 is 6.18 Å². The molecule has 0 fully saturated rings. The van der Waals surface area contributed by atoms with Gasteiger partial charge in [-0.2, -0.15) is 18.3 Å². The van der Waals surface area contributed by atoms with Crippen LogP contribution >= 0.6 is 0 Å². The molecule has 8 heteroatoms. The Morgan fingerprint density at radius 2 is 1.88 bits per heavy atom. The van der Waals surface area contributed by atoms with E-state index in [0.717, 1.165) is 24.3 Å². The Hall–Kier alpha value is -3.03. The smallest absolute Gasteiger partial charge is 0.416 e. The number of hydrogen-bond donors (Lipinski definition) is 1. The summed E-state index contributed by atoms with van der Waals surface area (Å²) in [6.07, 6.45) is -3.07. The van der Waals surface area contributed by atoms with Crippen molar-refractivity contribution in [1.29, 1.82) is 0 Å². The van der Waals surface area contributed by atoms with Gasteiger partial charge in [0.15, 0.2) is 11.5 Å². The number of fused-ring (bicyclic) bond motifs is 1. The predicted octanol–water partition coefficient (Wildman–Crippen LogP) is 3.20. The van der Waals surface area contributed by atoms with Gasteiger partial charge < -0.3 is 9.47 Å². The molecule has 5 nitrogen and oxygen atoms in total. The molecule has 1 aliphatic rings. The summed E-state index contributed by atoms with van der Waals surface area (Å²) in [7, 11) is 0. The van der Waals surface area contributed by atoms with Crippen LogP contribution in [0.5, 0.6) is 11.5 Å². The summed E-state index contributed by atoms with van der Waals surface area (Å²) < 4.78 is 47.9. The van der Waals surface area contributed by atoms with Crippen molar-refractivity contribution in [1.82, 2.24) is 5.43 Å². The van der Waals surface area contributed by atoms with Crippen LogP contribution in [0.15, 0.2) is 47.6 Å². The SMILES string of the molecule is O=C(N/N=C/c1cccc2c1OCO2)c1ccc(C(F)(F)F)cc1. The molecule has 0 saturated heterocycles. The number of carbonyl (C=O) groups is 1. The fraction of sp³-hybridized carbons (Fsp3) is 0.125. The second-order valence-electron chi connectivity index (χ2n) is 4.86. The molecule has 0 bridgehead atoms. The number of nitrogens with zero attached hydrogens (tertiary/aromatic N) is 1. The Labute approximate surface area is 134 Å². The number of alkyl halides is 3. The number of ether oxygens (including phenoxy) is 2. The third-order valence-corrected chi connectivity index (χ3v) is 3.27. The molecule has 0 atom stereocenters. The molecule has 124 valence electrons. The normalized spacial score (nSPS) is 13.3. The Bertz CT molecular complexity index is 786. The highest BCUT2D eigenvalue weighted by Crippen LogP contribution is 2.34. The summed E-state index contributed by atoms with van der Waals surface area (Å²) in [5.74, 6) is 0.475. The third kappa shape index (κ3) is 3.32. The van der Waals surface area contributed by atoms with E-state index in [1.54, 1.807) is 18.2 Å². The van der Waals surface area contributed by atoms with Crippen LogP contribution in [0.25, 0.3) is 0 Å². The maximum absolute atomic E-state index is 12.5. The number of para-hydroxylation sites is 1. The Kier molecular flexibility index (Phi) is 4.11. The Morgan fingerprint density at radius 1 is 1.12 bits per heavy atom. The number of nitrogens with one attached hydrogen (secondary N) is 1. The Balaban J connectivity index is 1.67. The lowest BCUT2D eigenvalue weighted by Gasteiger charge is -2.06. The van der Waals surface area contributed by atoms with Crippen molar-refractivity contribution < 1.29 is 27.4 Å². The molecule has 0 saturated carbocycles. The zero-order valence-electron chi connectivity index (χ0n) is 12.1. The largest absolute Gasteiger partial charge is 0.454 e. The minimum atomic E-state index is -4.44. The number of carbonyl (C=O) groups excluding carboxylic acids is 1. The van der Waals surface area contributed by atoms with Crippen LogP contribution in [0.3, 0.4) is 0 Å².